The lowest BCUT2D eigenvalue weighted by molar-refractivity contribution is -0.116. The number of rotatable bonds is 3. The van der Waals surface area contributed by atoms with Gasteiger partial charge in [-0.3, -0.25) is 4.79 Å². The van der Waals surface area contributed by atoms with Gasteiger partial charge in [0.05, 0.1) is 0 Å². The van der Waals surface area contributed by atoms with Crippen molar-refractivity contribution in [2.24, 2.45) is 0 Å². The Morgan fingerprint density at radius 1 is 1.05 bits per heavy atom. The highest BCUT2D eigenvalue weighted by Gasteiger charge is 2.07. The minimum absolute atomic E-state index is 0.0477. The van der Waals surface area contributed by atoms with Gasteiger partial charge in [-0.05, 0) is 42.5 Å². The number of halogens is 2. The number of carbonyl (C=O) groups is 1. The second kappa shape index (κ2) is 6.03. The standard InChI is InChI=1S/C16H12Br2N2O/c17-12-2-1-3-14(9-12)19-16(21)10-20-7-6-11-8-13(18)4-5-15(11)20/h1-9H,10H2,(H,19,21). The van der Waals surface area contributed by atoms with Gasteiger partial charge >= 0.3 is 0 Å². The van der Waals surface area contributed by atoms with Gasteiger partial charge in [-0.2, -0.15) is 0 Å². The molecular formula is C16H12Br2N2O. The van der Waals surface area contributed by atoms with E-state index in [0.717, 1.165) is 25.5 Å². The van der Waals surface area contributed by atoms with Crippen molar-refractivity contribution in [2.45, 2.75) is 6.54 Å². The number of nitrogens with zero attached hydrogens (tertiary/aromatic N) is 1. The molecule has 21 heavy (non-hydrogen) atoms. The Morgan fingerprint density at radius 3 is 2.67 bits per heavy atom. The van der Waals surface area contributed by atoms with Gasteiger partial charge in [-0.15, -0.1) is 0 Å². The van der Waals surface area contributed by atoms with Gasteiger partial charge in [-0.1, -0.05) is 37.9 Å². The first-order valence-corrected chi connectivity index (χ1v) is 8.00. The van der Waals surface area contributed by atoms with E-state index in [1.54, 1.807) is 0 Å². The van der Waals surface area contributed by atoms with E-state index in [4.69, 9.17) is 0 Å². The molecule has 0 bridgehead atoms. The zero-order valence-electron chi connectivity index (χ0n) is 11.0. The number of hydrogen-bond acceptors (Lipinski definition) is 1. The molecule has 0 spiro atoms. The van der Waals surface area contributed by atoms with Gasteiger partial charge in [0.1, 0.15) is 6.54 Å². The molecule has 1 N–H and O–H groups in total. The molecule has 5 heteroatoms. The number of anilines is 1. The van der Waals surface area contributed by atoms with E-state index >= 15 is 0 Å². The molecule has 0 radical (unpaired) electrons. The molecule has 0 atom stereocenters. The molecule has 0 saturated carbocycles. The van der Waals surface area contributed by atoms with Crippen LogP contribution in [-0.2, 0) is 11.3 Å². The smallest absolute Gasteiger partial charge is 0.244 e. The maximum Gasteiger partial charge on any atom is 0.244 e. The van der Waals surface area contributed by atoms with Crippen molar-refractivity contribution in [1.29, 1.82) is 0 Å². The Morgan fingerprint density at radius 2 is 1.86 bits per heavy atom. The van der Waals surface area contributed by atoms with E-state index in [1.165, 1.54) is 0 Å². The molecule has 1 aromatic heterocycles. The molecule has 2 aromatic carbocycles. The van der Waals surface area contributed by atoms with Crippen molar-refractivity contribution < 1.29 is 4.79 Å². The van der Waals surface area contributed by atoms with E-state index < -0.39 is 0 Å². The number of benzene rings is 2. The fourth-order valence-electron chi connectivity index (χ4n) is 2.23. The molecule has 0 saturated heterocycles. The van der Waals surface area contributed by atoms with Crippen LogP contribution in [0, 0.1) is 0 Å². The fourth-order valence-corrected chi connectivity index (χ4v) is 3.01. The van der Waals surface area contributed by atoms with Crippen LogP contribution in [0.25, 0.3) is 10.9 Å². The molecular weight excluding hydrogens is 396 g/mol. The number of fused-ring (bicyclic) bond motifs is 1. The summed E-state index contributed by atoms with van der Waals surface area (Å²) in [5.41, 5.74) is 1.83. The van der Waals surface area contributed by atoms with E-state index in [2.05, 4.69) is 37.2 Å². The zero-order valence-corrected chi connectivity index (χ0v) is 14.2. The molecule has 0 aliphatic carbocycles. The molecule has 106 valence electrons. The first kappa shape index (κ1) is 14.4. The third-order valence-corrected chi connectivity index (χ3v) is 4.14. The van der Waals surface area contributed by atoms with E-state index in [9.17, 15) is 4.79 Å². The molecule has 1 amide bonds. The summed E-state index contributed by atoms with van der Waals surface area (Å²) in [6, 6.07) is 15.6. The third-order valence-electron chi connectivity index (χ3n) is 3.16. The SMILES string of the molecule is O=C(Cn1ccc2cc(Br)ccc21)Nc1cccc(Br)c1. The quantitative estimate of drug-likeness (QED) is 0.664. The normalized spacial score (nSPS) is 10.8. The molecule has 3 aromatic rings. The fraction of sp³-hybridized carbons (Fsp3) is 0.0625. The topological polar surface area (TPSA) is 34.0 Å². The first-order chi connectivity index (χ1) is 10.1. The Labute approximate surface area is 139 Å². The van der Waals surface area contributed by atoms with Crippen LogP contribution in [0.15, 0.2) is 63.7 Å². The molecule has 3 rings (SSSR count). The lowest BCUT2D eigenvalue weighted by atomic mass is 10.2. The minimum atomic E-state index is -0.0477. The molecule has 0 fully saturated rings. The van der Waals surface area contributed by atoms with Gasteiger partial charge in [0.2, 0.25) is 5.91 Å². The summed E-state index contributed by atoms with van der Waals surface area (Å²) in [6.07, 6.45) is 1.93. The van der Waals surface area contributed by atoms with E-state index in [0.29, 0.717) is 0 Å². The van der Waals surface area contributed by atoms with Crippen molar-refractivity contribution in [3.8, 4) is 0 Å². The second-order valence-corrected chi connectivity index (χ2v) is 6.54. The van der Waals surface area contributed by atoms with Crippen molar-refractivity contribution in [1.82, 2.24) is 4.57 Å². The molecule has 1 heterocycles. The lowest BCUT2D eigenvalue weighted by Gasteiger charge is -2.08. The van der Waals surface area contributed by atoms with Crippen LogP contribution in [-0.4, -0.2) is 10.5 Å². The molecule has 0 aliphatic rings. The monoisotopic (exact) mass is 406 g/mol. The minimum Gasteiger partial charge on any atom is -0.338 e. The van der Waals surface area contributed by atoms with Gasteiger partial charge < -0.3 is 9.88 Å². The maximum atomic E-state index is 12.1. The number of aromatic nitrogens is 1. The van der Waals surface area contributed by atoms with Crippen LogP contribution >= 0.6 is 31.9 Å². The van der Waals surface area contributed by atoms with Crippen LogP contribution in [0.2, 0.25) is 0 Å². The Balaban J connectivity index is 1.77. The summed E-state index contributed by atoms with van der Waals surface area (Å²) < 4.78 is 3.91. The first-order valence-electron chi connectivity index (χ1n) is 6.42. The number of nitrogens with one attached hydrogen (secondary N) is 1. The molecule has 0 aliphatic heterocycles. The van der Waals surface area contributed by atoms with Crippen molar-refractivity contribution in [3.63, 3.8) is 0 Å². The number of carbonyl (C=O) groups excluding carboxylic acids is 1. The van der Waals surface area contributed by atoms with Crippen molar-refractivity contribution >= 4 is 54.4 Å². The molecule has 0 unspecified atom stereocenters. The van der Waals surface area contributed by atoms with Gasteiger partial charge in [0, 0.05) is 31.7 Å². The van der Waals surface area contributed by atoms with Crippen LogP contribution in [0.1, 0.15) is 0 Å². The van der Waals surface area contributed by atoms with Gasteiger partial charge in [0.15, 0.2) is 0 Å². The Kier molecular flexibility index (Phi) is 4.12. The highest BCUT2D eigenvalue weighted by molar-refractivity contribution is 9.10. The van der Waals surface area contributed by atoms with Crippen molar-refractivity contribution in [2.75, 3.05) is 5.32 Å². The summed E-state index contributed by atoms with van der Waals surface area (Å²) in [6.45, 7) is 0.289. The summed E-state index contributed by atoms with van der Waals surface area (Å²) in [4.78, 5) is 12.1. The van der Waals surface area contributed by atoms with E-state index in [1.807, 2.05) is 59.3 Å². The summed E-state index contributed by atoms with van der Waals surface area (Å²) in [5, 5.41) is 4.01. The Hall–Kier alpha value is -1.59. The van der Waals surface area contributed by atoms with Gasteiger partial charge in [0.25, 0.3) is 0 Å². The van der Waals surface area contributed by atoms with Gasteiger partial charge in [-0.25, -0.2) is 0 Å². The predicted octanol–water partition coefficient (Wildman–Crippen LogP) is 4.81. The second-order valence-electron chi connectivity index (χ2n) is 4.71. The average molecular weight is 408 g/mol. The highest BCUT2D eigenvalue weighted by atomic mass is 79.9. The highest BCUT2D eigenvalue weighted by Crippen LogP contribution is 2.21. The molecule has 3 nitrogen and oxygen atoms in total. The maximum absolute atomic E-state index is 12.1. The van der Waals surface area contributed by atoms with Crippen molar-refractivity contribution in [3.05, 3.63) is 63.7 Å². The van der Waals surface area contributed by atoms with Crippen LogP contribution in [0.5, 0.6) is 0 Å². The summed E-state index contributed by atoms with van der Waals surface area (Å²) in [5.74, 6) is -0.0477. The number of hydrogen-bond donors (Lipinski definition) is 1. The summed E-state index contributed by atoms with van der Waals surface area (Å²) >= 11 is 6.84. The number of amides is 1. The lowest BCUT2D eigenvalue weighted by Crippen LogP contribution is -2.18. The third kappa shape index (κ3) is 3.36. The zero-order chi connectivity index (χ0) is 14.8. The largest absolute Gasteiger partial charge is 0.338 e. The Bertz CT molecular complexity index is 811. The predicted molar refractivity (Wildman–Crippen MR) is 92.4 cm³/mol. The van der Waals surface area contributed by atoms with Crippen LogP contribution < -0.4 is 5.32 Å². The van der Waals surface area contributed by atoms with Crippen LogP contribution in [0.4, 0.5) is 5.69 Å². The average Bonchev–Trinajstić information content (AvgIpc) is 2.81. The van der Waals surface area contributed by atoms with Crippen LogP contribution in [0.3, 0.4) is 0 Å². The van der Waals surface area contributed by atoms with E-state index in [-0.39, 0.29) is 12.5 Å². The summed E-state index contributed by atoms with van der Waals surface area (Å²) in [7, 11) is 0.